The molecule has 0 aliphatic rings. The molecule has 0 saturated heterocycles. The standard InChI is InChI=1S/C20H17FN4O2/c1-2-9-22-19(26)12-3-8-17-15(10-12)18-16(11-23-17)20(27)25(24-18)14-6-4-13(21)5-7-14/h3-8,10-11,24H,2,9H2,1H3,(H,22,26). The maximum absolute atomic E-state index is 13.2. The van der Waals surface area contributed by atoms with E-state index in [9.17, 15) is 14.0 Å². The van der Waals surface area contributed by atoms with Crippen LogP contribution >= 0.6 is 0 Å². The molecule has 2 aromatic carbocycles. The van der Waals surface area contributed by atoms with Gasteiger partial charge in [-0.15, -0.1) is 0 Å². The van der Waals surface area contributed by atoms with E-state index in [-0.39, 0.29) is 17.3 Å². The molecule has 0 unspecified atom stereocenters. The van der Waals surface area contributed by atoms with E-state index in [4.69, 9.17) is 0 Å². The number of nitrogens with zero attached hydrogens (tertiary/aromatic N) is 2. The molecule has 4 rings (SSSR count). The molecule has 27 heavy (non-hydrogen) atoms. The number of fused-ring (bicyclic) bond motifs is 3. The SMILES string of the molecule is CCCNC(=O)c1ccc2ncc3c(=O)n(-c4ccc(F)cc4)[nH]c3c2c1. The maximum Gasteiger partial charge on any atom is 0.280 e. The number of hydrogen-bond acceptors (Lipinski definition) is 3. The molecule has 2 N–H and O–H groups in total. The van der Waals surface area contributed by atoms with Crippen LogP contribution in [0.4, 0.5) is 4.39 Å². The van der Waals surface area contributed by atoms with E-state index in [1.165, 1.54) is 35.1 Å². The molecule has 136 valence electrons. The van der Waals surface area contributed by atoms with E-state index in [2.05, 4.69) is 15.4 Å². The number of rotatable bonds is 4. The Morgan fingerprint density at radius 2 is 1.96 bits per heavy atom. The van der Waals surface area contributed by atoms with Crippen LogP contribution in [0.3, 0.4) is 0 Å². The molecular weight excluding hydrogens is 347 g/mol. The van der Waals surface area contributed by atoms with Crippen LogP contribution in [0, 0.1) is 5.82 Å². The van der Waals surface area contributed by atoms with Crippen LogP contribution < -0.4 is 10.9 Å². The third-order valence-corrected chi connectivity index (χ3v) is 4.41. The van der Waals surface area contributed by atoms with Gasteiger partial charge in [0.05, 0.1) is 22.1 Å². The third-order valence-electron chi connectivity index (χ3n) is 4.41. The molecule has 2 heterocycles. The zero-order valence-electron chi connectivity index (χ0n) is 14.6. The highest BCUT2D eigenvalue weighted by Gasteiger charge is 2.14. The van der Waals surface area contributed by atoms with Crippen molar-refractivity contribution in [3.8, 4) is 5.69 Å². The monoisotopic (exact) mass is 364 g/mol. The predicted molar refractivity (Wildman–Crippen MR) is 102 cm³/mol. The highest BCUT2D eigenvalue weighted by molar-refractivity contribution is 6.06. The van der Waals surface area contributed by atoms with Crippen LogP contribution in [0.25, 0.3) is 27.5 Å². The highest BCUT2D eigenvalue weighted by atomic mass is 19.1. The van der Waals surface area contributed by atoms with E-state index < -0.39 is 0 Å². The molecule has 0 bridgehead atoms. The van der Waals surface area contributed by atoms with E-state index in [1.54, 1.807) is 18.2 Å². The Kier molecular flexibility index (Phi) is 4.19. The van der Waals surface area contributed by atoms with Crippen molar-refractivity contribution in [2.75, 3.05) is 6.54 Å². The Labute approximate surface area is 153 Å². The molecule has 2 aromatic heterocycles. The van der Waals surface area contributed by atoms with Gasteiger partial charge in [-0.05, 0) is 48.9 Å². The first-order valence-electron chi connectivity index (χ1n) is 8.66. The van der Waals surface area contributed by atoms with Crippen molar-refractivity contribution in [3.63, 3.8) is 0 Å². The van der Waals surface area contributed by atoms with Gasteiger partial charge in [0.25, 0.3) is 11.5 Å². The van der Waals surface area contributed by atoms with Crippen molar-refractivity contribution in [1.82, 2.24) is 20.1 Å². The first kappa shape index (κ1) is 17.0. The van der Waals surface area contributed by atoms with Crippen molar-refractivity contribution in [3.05, 3.63) is 70.4 Å². The first-order valence-corrected chi connectivity index (χ1v) is 8.66. The average Bonchev–Trinajstić information content (AvgIpc) is 3.03. The van der Waals surface area contributed by atoms with Gasteiger partial charge in [0.1, 0.15) is 5.82 Å². The van der Waals surface area contributed by atoms with Gasteiger partial charge in [-0.1, -0.05) is 6.92 Å². The number of hydrogen-bond donors (Lipinski definition) is 2. The Bertz CT molecular complexity index is 1210. The normalized spacial score (nSPS) is 11.2. The van der Waals surface area contributed by atoms with Gasteiger partial charge in [0.15, 0.2) is 0 Å². The van der Waals surface area contributed by atoms with Crippen molar-refractivity contribution in [2.45, 2.75) is 13.3 Å². The van der Waals surface area contributed by atoms with Gasteiger partial charge in [0.2, 0.25) is 0 Å². The first-order chi connectivity index (χ1) is 13.1. The Morgan fingerprint density at radius 3 is 2.70 bits per heavy atom. The number of benzene rings is 2. The molecular formula is C20H17FN4O2. The van der Waals surface area contributed by atoms with Crippen LogP contribution in [0.1, 0.15) is 23.7 Å². The van der Waals surface area contributed by atoms with Gasteiger partial charge in [-0.25, -0.2) is 9.07 Å². The van der Waals surface area contributed by atoms with Gasteiger partial charge < -0.3 is 5.32 Å². The highest BCUT2D eigenvalue weighted by Crippen LogP contribution is 2.22. The minimum Gasteiger partial charge on any atom is -0.352 e. The van der Waals surface area contributed by atoms with E-state index in [0.717, 1.165) is 6.42 Å². The number of nitrogens with one attached hydrogen (secondary N) is 2. The second-order valence-electron chi connectivity index (χ2n) is 6.26. The van der Waals surface area contributed by atoms with Crippen molar-refractivity contribution in [2.24, 2.45) is 0 Å². The smallest absolute Gasteiger partial charge is 0.280 e. The second kappa shape index (κ2) is 6.68. The lowest BCUT2D eigenvalue weighted by Crippen LogP contribution is -2.23. The number of aromatic amines is 1. The summed E-state index contributed by atoms with van der Waals surface area (Å²) in [5.74, 6) is -0.547. The maximum atomic E-state index is 13.2. The quantitative estimate of drug-likeness (QED) is 0.584. The molecule has 4 aromatic rings. The van der Waals surface area contributed by atoms with Gasteiger partial charge in [-0.3, -0.25) is 19.7 Å². The van der Waals surface area contributed by atoms with Crippen molar-refractivity contribution in [1.29, 1.82) is 0 Å². The summed E-state index contributed by atoms with van der Waals surface area (Å²) >= 11 is 0. The molecule has 1 amide bonds. The minimum absolute atomic E-state index is 0.170. The fraction of sp³-hybridized carbons (Fsp3) is 0.150. The number of amides is 1. The molecule has 7 heteroatoms. The van der Waals surface area contributed by atoms with Crippen LogP contribution in [-0.2, 0) is 0 Å². The summed E-state index contributed by atoms with van der Waals surface area (Å²) in [4.78, 5) is 29.3. The molecule has 0 aliphatic carbocycles. The molecule has 6 nitrogen and oxygen atoms in total. The summed E-state index contributed by atoms with van der Waals surface area (Å²) in [7, 11) is 0. The molecule has 0 aliphatic heterocycles. The number of H-pyrrole nitrogens is 1. The molecule has 0 fully saturated rings. The van der Waals surface area contributed by atoms with Crippen LogP contribution in [0.15, 0.2) is 53.5 Å². The molecule has 0 radical (unpaired) electrons. The molecule has 0 spiro atoms. The van der Waals surface area contributed by atoms with E-state index in [1.807, 2.05) is 6.92 Å². The fourth-order valence-electron chi connectivity index (χ4n) is 3.01. The van der Waals surface area contributed by atoms with Gasteiger partial charge >= 0.3 is 0 Å². The summed E-state index contributed by atoms with van der Waals surface area (Å²) in [5, 5.41) is 6.98. The lowest BCUT2D eigenvalue weighted by Gasteiger charge is -2.05. The van der Waals surface area contributed by atoms with Crippen LogP contribution in [-0.4, -0.2) is 27.2 Å². The van der Waals surface area contributed by atoms with Crippen LogP contribution in [0.5, 0.6) is 0 Å². The number of aromatic nitrogens is 3. The summed E-state index contributed by atoms with van der Waals surface area (Å²) in [5.41, 5.74) is 1.98. The molecule has 0 saturated carbocycles. The predicted octanol–water partition coefficient (Wildman–Crippen LogP) is 3.15. The number of halogens is 1. The number of pyridine rings is 1. The second-order valence-corrected chi connectivity index (χ2v) is 6.26. The zero-order valence-corrected chi connectivity index (χ0v) is 14.6. The minimum atomic E-state index is -0.377. The largest absolute Gasteiger partial charge is 0.352 e. The summed E-state index contributed by atoms with van der Waals surface area (Å²) in [6, 6.07) is 10.8. The number of carbonyl (C=O) groups is 1. The van der Waals surface area contributed by atoms with Crippen LogP contribution in [0.2, 0.25) is 0 Å². The topological polar surface area (TPSA) is 79.8 Å². The lowest BCUT2D eigenvalue weighted by atomic mass is 10.1. The van der Waals surface area contributed by atoms with Gasteiger partial charge in [0, 0.05) is 23.7 Å². The lowest BCUT2D eigenvalue weighted by molar-refractivity contribution is 0.0954. The number of carbonyl (C=O) groups excluding carboxylic acids is 1. The van der Waals surface area contributed by atoms with Gasteiger partial charge in [-0.2, -0.15) is 0 Å². The van der Waals surface area contributed by atoms with Crippen molar-refractivity contribution < 1.29 is 9.18 Å². The fourth-order valence-corrected chi connectivity index (χ4v) is 3.01. The van der Waals surface area contributed by atoms with E-state index >= 15 is 0 Å². The average molecular weight is 364 g/mol. The third kappa shape index (κ3) is 2.97. The summed E-state index contributed by atoms with van der Waals surface area (Å²) in [6.45, 7) is 2.58. The van der Waals surface area contributed by atoms with Crippen molar-refractivity contribution >= 4 is 27.7 Å². The Hall–Kier alpha value is -3.48. The zero-order chi connectivity index (χ0) is 19.0. The summed E-state index contributed by atoms with van der Waals surface area (Å²) < 4.78 is 14.5. The Morgan fingerprint density at radius 1 is 1.19 bits per heavy atom. The van der Waals surface area contributed by atoms with E-state index in [0.29, 0.717) is 39.6 Å². The Balaban J connectivity index is 1.89. The summed E-state index contributed by atoms with van der Waals surface area (Å²) in [6.07, 6.45) is 2.35. The molecule has 0 atom stereocenters.